The number of aryl methyl sites for hydroxylation is 1. The van der Waals surface area contributed by atoms with E-state index in [9.17, 15) is 37.7 Å². The Labute approximate surface area is 313 Å². The van der Waals surface area contributed by atoms with Gasteiger partial charge in [0.15, 0.2) is 10.1 Å². The van der Waals surface area contributed by atoms with Crippen LogP contribution in [0.2, 0.25) is 0 Å². The number of hydrazine groups is 1. The summed E-state index contributed by atoms with van der Waals surface area (Å²) in [6.07, 6.45) is 0. The van der Waals surface area contributed by atoms with E-state index in [4.69, 9.17) is 73.8 Å². The van der Waals surface area contributed by atoms with Crippen LogP contribution in [0.5, 0.6) is 5.75 Å². The first-order valence-electron chi connectivity index (χ1n) is 14.2. The number of nitro groups is 1. The first-order valence-corrected chi connectivity index (χ1v) is 17.9. The maximum absolute atomic E-state index is 14.1. The molecule has 0 spiro atoms. The number of carbonyl (C=O) groups is 4. The van der Waals surface area contributed by atoms with Gasteiger partial charge in [-0.2, -0.15) is 13.4 Å². The number of alkyl halides is 4. The second kappa shape index (κ2) is 12.4. The molecule has 50 heavy (non-hydrogen) atoms. The van der Waals surface area contributed by atoms with E-state index in [0.29, 0.717) is 10.0 Å². The van der Waals surface area contributed by atoms with Crippen LogP contribution in [-0.4, -0.2) is 67.5 Å². The van der Waals surface area contributed by atoms with Gasteiger partial charge in [-0.3, -0.25) is 29.3 Å². The van der Waals surface area contributed by atoms with Crippen molar-refractivity contribution in [3.63, 3.8) is 0 Å². The minimum atomic E-state index is -4.22. The van der Waals surface area contributed by atoms with E-state index in [2.05, 4.69) is 0 Å². The molecule has 1 saturated carbocycles. The lowest BCUT2D eigenvalue weighted by molar-refractivity contribution is -0.384. The molecule has 2 aliphatic carbocycles. The molecular weight excluding hydrogens is 803 g/mol. The molecule has 3 aromatic carbocycles. The summed E-state index contributed by atoms with van der Waals surface area (Å²) in [4.78, 5) is 61.7. The molecule has 4 atom stereocenters. The molecular formula is C31H19Cl6N3O9S. The molecule has 1 aliphatic heterocycles. The van der Waals surface area contributed by atoms with Crippen molar-refractivity contribution in [3.05, 3.63) is 110 Å². The van der Waals surface area contributed by atoms with E-state index in [1.165, 1.54) is 36.4 Å². The van der Waals surface area contributed by atoms with Gasteiger partial charge in [0.2, 0.25) is 0 Å². The van der Waals surface area contributed by atoms with Crippen LogP contribution in [-0.2, 0) is 19.7 Å². The summed E-state index contributed by atoms with van der Waals surface area (Å²) in [5, 5.41) is 11.4. The zero-order valence-electron chi connectivity index (χ0n) is 25.0. The number of halogens is 6. The number of nitro benzene ring substituents is 1. The Morgan fingerprint density at radius 3 is 1.80 bits per heavy atom. The highest BCUT2D eigenvalue weighted by Gasteiger charge is 2.88. The Morgan fingerprint density at radius 2 is 1.32 bits per heavy atom. The van der Waals surface area contributed by atoms with Gasteiger partial charge in [0.25, 0.3) is 23.4 Å². The Hall–Kier alpha value is -3.43. The van der Waals surface area contributed by atoms with Crippen LogP contribution in [0, 0.1) is 28.9 Å². The van der Waals surface area contributed by atoms with E-state index >= 15 is 0 Å². The summed E-state index contributed by atoms with van der Waals surface area (Å²) in [5.41, 5.74) is 0.148. The summed E-state index contributed by atoms with van der Waals surface area (Å²) in [5.74, 6) is -7.57. The first-order chi connectivity index (χ1) is 23.3. The van der Waals surface area contributed by atoms with E-state index in [1.807, 2.05) is 0 Å². The van der Waals surface area contributed by atoms with Crippen molar-refractivity contribution >= 4 is 109 Å². The Balaban J connectivity index is 1.33. The zero-order chi connectivity index (χ0) is 36.7. The third-order valence-corrected chi connectivity index (χ3v) is 14.2. The predicted molar refractivity (Wildman–Crippen MR) is 183 cm³/mol. The molecule has 12 nitrogen and oxygen atoms in total. The highest BCUT2D eigenvalue weighted by Crippen LogP contribution is 2.77. The van der Waals surface area contributed by atoms with Gasteiger partial charge in [-0.1, -0.05) is 64.1 Å². The number of benzene rings is 3. The molecule has 6 rings (SSSR count). The van der Waals surface area contributed by atoms with Crippen molar-refractivity contribution in [2.45, 2.75) is 25.9 Å². The monoisotopic (exact) mass is 819 g/mol. The number of rotatable bonds is 9. The SMILES string of the molecule is Cc1ccc(S(=O)(=O)Oc2ccc(C(=O)CN(C(=O)c3ccc([N+](=O)[O-])cc3)N3C(=O)[C@H]4[C@H](C3=O)[C@@]3(Cl)C(Cl)=C(Cl)[C@@]4(Cl)C3(Cl)Cl)cc2)cc1. The van der Waals surface area contributed by atoms with Gasteiger partial charge in [-0.25, -0.2) is 5.01 Å². The molecule has 0 unspecified atom stereocenters. The maximum atomic E-state index is 14.1. The number of nitrogens with zero attached hydrogens (tertiary/aromatic N) is 3. The van der Waals surface area contributed by atoms with Gasteiger partial charge in [0.05, 0.1) is 26.8 Å². The molecule has 3 amide bonds. The smallest absolute Gasteiger partial charge is 0.339 e. The minimum absolute atomic E-state index is 0.0816. The quantitative estimate of drug-likeness (QED) is 0.0598. The third kappa shape index (κ3) is 5.20. The van der Waals surface area contributed by atoms with Crippen LogP contribution in [0.4, 0.5) is 5.69 Å². The minimum Gasteiger partial charge on any atom is -0.379 e. The Morgan fingerprint density at radius 1 is 0.840 bits per heavy atom. The number of hydrogen-bond acceptors (Lipinski definition) is 9. The number of imide groups is 1. The molecule has 2 bridgehead atoms. The van der Waals surface area contributed by atoms with Gasteiger partial charge in [0, 0.05) is 23.3 Å². The van der Waals surface area contributed by atoms with Gasteiger partial charge in [-0.05, 0) is 55.5 Å². The highest BCUT2D eigenvalue weighted by molar-refractivity contribution is 7.87. The largest absolute Gasteiger partial charge is 0.379 e. The number of hydrogen-bond donors (Lipinski definition) is 0. The lowest BCUT2D eigenvalue weighted by atomic mass is 9.84. The number of non-ortho nitro benzene ring substituents is 1. The van der Waals surface area contributed by atoms with Crippen LogP contribution in [0.3, 0.4) is 0 Å². The van der Waals surface area contributed by atoms with E-state index < -0.39 is 71.0 Å². The molecule has 2 fully saturated rings. The predicted octanol–water partition coefficient (Wildman–Crippen LogP) is 6.36. The van der Waals surface area contributed by atoms with Crippen molar-refractivity contribution in [1.29, 1.82) is 0 Å². The number of Topliss-reactive ketones (excluding diaryl/α,β-unsaturated/α-hetero) is 1. The first kappa shape index (κ1) is 36.4. The number of allylic oxidation sites excluding steroid dienone is 2. The van der Waals surface area contributed by atoms with E-state index in [1.54, 1.807) is 19.1 Å². The van der Waals surface area contributed by atoms with Crippen molar-refractivity contribution in [2.24, 2.45) is 11.8 Å². The normalized spacial score (nSPS) is 25.1. The molecule has 0 N–H and O–H groups in total. The second-order valence-electron chi connectivity index (χ2n) is 11.5. The van der Waals surface area contributed by atoms with Gasteiger partial charge >= 0.3 is 10.1 Å². The molecule has 0 aromatic heterocycles. The molecule has 3 aromatic rings. The van der Waals surface area contributed by atoms with Crippen LogP contribution >= 0.6 is 69.6 Å². The number of ketones is 1. The third-order valence-electron chi connectivity index (χ3n) is 8.67. The fraction of sp³-hybridized carbons (Fsp3) is 0.226. The summed E-state index contributed by atoms with van der Waals surface area (Å²) in [6, 6.07) is 14.9. The van der Waals surface area contributed by atoms with Gasteiger partial charge < -0.3 is 4.18 Å². The highest BCUT2D eigenvalue weighted by atomic mass is 35.5. The fourth-order valence-corrected chi connectivity index (χ4v) is 9.99. The molecule has 260 valence electrons. The average Bonchev–Trinajstić information content (AvgIpc) is 3.46. The molecule has 1 saturated heterocycles. The number of fused-ring (bicyclic) bond motifs is 5. The van der Waals surface area contributed by atoms with Crippen molar-refractivity contribution in [1.82, 2.24) is 10.0 Å². The number of carbonyl (C=O) groups excluding carboxylic acids is 4. The van der Waals surface area contributed by atoms with Gasteiger partial charge in [0.1, 0.15) is 26.9 Å². The van der Waals surface area contributed by atoms with E-state index in [-0.39, 0.29) is 37.5 Å². The molecule has 1 heterocycles. The standard InChI is InChI=1S/C31H19Cl6N3O9S/c1-15-2-12-20(13-3-15)50(47,48)49-19-10-6-16(7-11-19)21(41)14-38(26(42)17-4-8-18(9-5-17)40(45)46)39-27(43)22-23(28(39)44)30(35)25(33)24(32)29(22,34)31(30,36)37/h2-13,22-23H,14H2,1H3/t22-,23-,29-,30-/m1/s1. The number of amides is 3. The summed E-state index contributed by atoms with van der Waals surface area (Å²) in [6.45, 7) is 0.842. The average molecular weight is 822 g/mol. The zero-order valence-corrected chi connectivity index (χ0v) is 30.3. The van der Waals surface area contributed by atoms with Crippen molar-refractivity contribution in [2.75, 3.05) is 6.54 Å². The van der Waals surface area contributed by atoms with Crippen LogP contribution < -0.4 is 4.18 Å². The van der Waals surface area contributed by atoms with E-state index in [0.717, 1.165) is 29.8 Å². The summed E-state index contributed by atoms with van der Waals surface area (Å²) in [7, 11) is -4.22. The Bertz CT molecular complexity index is 2100. The van der Waals surface area contributed by atoms with Crippen LogP contribution in [0.1, 0.15) is 26.3 Å². The molecule has 3 aliphatic rings. The second-order valence-corrected chi connectivity index (χ2v) is 16.4. The lowest BCUT2D eigenvalue weighted by Crippen LogP contribution is -2.56. The lowest BCUT2D eigenvalue weighted by Gasteiger charge is -2.36. The van der Waals surface area contributed by atoms with Crippen LogP contribution in [0.25, 0.3) is 0 Å². The van der Waals surface area contributed by atoms with Crippen LogP contribution in [0.15, 0.2) is 87.8 Å². The summed E-state index contributed by atoms with van der Waals surface area (Å²) >= 11 is 39.5. The maximum Gasteiger partial charge on any atom is 0.339 e. The molecule has 19 heteroatoms. The van der Waals surface area contributed by atoms with Crippen molar-refractivity contribution < 1.29 is 36.7 Å². The van der Waals surface area contributed by atoms with Gasteiger partial charge in [-0.15, -0.1) is 23.2 Å². The molecule has 0 radical (unpaired) electrons. The fourth-order valence-electron chi connectivity index (χ4n) is 6.13. The Kier molecular flexibility index (Phi) is 8.99. The van der Waals surface area contributed by atoms with Crippen molar-refractivity contribution in [3.8, 4) is 5.75 Å². The summed E-state index contributed by atoms with van der Waals surface area (Å²) < 4.78 is 28.4. The topological polar surface area (TPSA) is 161 Å².